The first-order valence-corrected chi connectivity index (χ1v) is 10.6. The maximum absolute atomic E-state index is 13.0. The van der Waals surface area contributed by atoms with Gasteiger partial charge in [0.2, 0.25) is 11.8 Å². The second-order valence-corrected chi connectivity index (χ2v) is 8.24. The normalized spacial score (nSPS) is 25.0. The molecular weight excluding hydrogens is 338 g/mol. The van der Waals surface area contributed by atoms with Crippen LogP contribution in [0.3, 0.4) is 0 Å². The van der Waals surface area contributed by atoms with E-state index >= 15 is 0 Å². The molecule has 2 saturated heterocycles. The van der Waals surface area contributed by atoms with Crippen LogP contribution in [0.15, 0.2) is 30.3 Å². The van der Waals surface area contributed by atoms with E-state index in [-0.39, 0.29) is 17.7 Å². The first-order valence-electron chi connectivity index (χ1n) is 10.6. The van der Waals surface area contributed by atoms with Crippen LogP contribution in [0.2, 0.25) is 0 Å². The number of rotatable bonds is 3. The van der Waals surface area contributed by atoms with Crippen molar-refractivity contribution in [3.63, 3.8) is 0 Å². The molecule has 4 rings (SSSR count). The number of amides is 2. The molecule has 1 aromatic carbocycles. The third-order valence-corrected chi connectivity index (χ3v) is 6.49. The van der Waals surface area contributed by atoms with Crippen LogP contribution < -0.4 is 4.90 Å². The largest absolute Gasteiger partial charge is 0.368 e. The summed E-state index contributed by atoms with van der Waals surface area (Å²) < 4.78 is 0. The lowest BCUT2D eigenvalue weighted by atomic mass is 10.1. The summed E-state index contributed by atoms with van der Waals surface area (Å²) in [5.74, 6) is 0.249. The van der Waals surface area contributed by atoms with Gasteiger partial charge < -0.3 is 14.7 Å². The molecule has 1 unspecified atom stereocenters. The van der Waals surface area contributed by atoms with Crippen molar-refractivity contribution in [1.82, 2.24) is 9.80 Å². The zero-order valence-corrected chi connectivity index (χ0v) is 16.2. The molecule has 0 radical (unpaired) electrons. The monoisotopic (exact) mass is 369 g/mol. The van der Waals surface area contributed by atoms with Crippen LogP contribution in [-0.4, -0.2) is 60.4 Å². The first-order chi connectivity index (χ1) is 13.2. The van der Waals surface area contributed by atoms with E-state index in [4.69, 9.17) is 0 Å². The third kappa shape index (κ3) is 4.12. The minimum atomic E-state index is -0.135. The van der Waals surface area contributed by atoms with E-state index in [1.165, 1.54) is 31.4 Å². The average molecular weight is 370 g/mol. The molecule has 27 heavy (non-hydrogen) atoms. The maximum Gasteiger partial charge on any atom is 0.228 e. The topological polar surface area (TPSA) is 43.9 Å². The van der Waals surface area contributed by atoms with E-state index in [1.54, 1.807) is 0 Å². The van der Waals surface area contributed by atoms with Crippen LogP contribution in [-0.2, 0) is 9.59 Å². The van der Waals surface area contributed by atoms with E-state index in [0.29, 0.717) is 19.0 Å². The lowest BCUT2D eigenvalue weighted by Crippen LogP contribution is -2.50. The van der Waals surface area contributed by atoms with Crippen molar-refractivity contribution in [2.24, 2.45) is 5.92 Å². The number of likely N-dealkylation sites (tertiary alicyclic amines) is 1. The molecule has 1 atom stereocenters. The number of carbonyl (C=O) groups excluding carboxylic acids is 2. The second kappa shape index (κ2) is 8.32. The fraction of sp³-hybridized carbons (Fsp3) is 0.636. The van der Waals surface area contributed by atoms with Gasteiger partial charge >= 0.3 is 0 Å². The number of piperazine rings is 1. The summed E-state index contributed by atoms with van der Waals surface area (Å²) in [4.78, 5) is 31.9. The molecular formula is C22H31N3O2. The molecule has 0 spiro atoms. The highest BCUT2D eigenvalue weighted by Gasteiger charge is 2.39. The van der Waals surface area contributed by atoms with Gasteiger partial charge in [0, 0.05) is 50.9 Å². The van der Waals surface area contributed by atoms with Crippen molar-refractivity contribution in [2.75, 3.05) is 37.6 Å². The smallest absolute Gasteiger partial charge is 0.228 e. The third-order valence-electron chi connectivity index (χ3n) is 6.49. The number of carbonyl (C=O) groups is 2. The molecule has 1 saturated carbocycles. The van der Waals surface area contributed by atoms with Crippen LogP contribution in [0, 0.1) is 5.92 Å². The Morgan fingerprint density at radius 2 is 1.56 bits per heavy atom. The van der Waals surface area contributed by atoms with Crippen LogP contribution in [0.4, 0.5) is 5.69 Å². The van der Waals surface area contributed by atoms with Crippen molar-refractivity contribution < 1.29 is 9.59 Å². The second-order valence-electron chi connectivity index (χ2n) is 8.24. The minimum Gasteiger partial charge on any atom is -0.368 e. The predicted molar refractivity (Wildman–Crippen MR) is 107 cm³/mol. The van der Waals surface area contributed by atoms with Gasteiger partial charge in [-0.2, -0.15) is 0 Å². The molecule has 3 aliphatic rings. The Morgan fingerprint density at radius 3 is 2.22 bits per heavy atom. The van der Waals surface area contributed by atoms with Crippen molar-refractivity contribution >= 4 is 17.5 Å². The van der Waals surface area contributed by atoms with Gasteiger partial charge in [-0.3, -0.25) is 9.59 Å². The highest BCUT2D eigenvalue weighted by Crippen LogP contribution is 2.29. The van der Waals surface area contributed by atoms with Crippen LogP contribution in [0.1, 0.15) is 44.9 Å². The maximum atomic E-state index is 13.0. The zero-order chi connectivity index (χ0) is 18.6. The van der Waals surface area contributed by atoms with Crippen LogP contribution in [0.25, 0.3) is 0 Å². The summed E-state index contributed by atoms with van der Waals surface area (Å²) in [7, 11) is 0. The summed E-state index contributed by atoms with van der Waals surface area (Å²) in [6.07, 6.45) is 7.64. The van der Waals surface area contributed by atoms with Gasteiger partial charge in [-0.05, 0) is 25.0 Å². The Balaban J connectivity index is 1.32. The van der Waals surface area contributed by atoms with Crippen molar-refractivity contribution in [1.29, 1.82) is 0 Å². The summed E-state index contributed by atoms with van der Waals surface area (Å²) >= 11 is 0. The number of hydrogen-bond acceptors (Lipinski definition) is 3. The molecule has 5 heteroatoms. The molecule has 0 aromatic heterocycles. The van der Waals surface area contributed by atoms with E-state index in [9.17, 15) is 9.59 Å². The van der Waals surface area contributed by atoms with Crippen LogP contribution >= 0.6 is 0 Å². The van der Waals surface area contributed by atoms with Gasteiger partial charge in [0.1, 0.15) is 0 Å². The number of hydrogen-bond donors (Lipinski definition) is 0. The van der Waals surface area contributed by atoms with Gasteiger partial charge in [-0.25, -0.2) is 0 Å². The minimum absolute atomic E-state index is 0.135. The Morgan fingerprint density at radius 1 is 0.889 bits per heavy atom. The summed E-state index contributed by atoms with van der Waals surface area (Å²) in [5.41, 5.74) is 1.22. The van der Waals surface area contributed by atoms with Crippen molar-refractivity contribution in [2.45, 2.75) is 51.0 Å². The number of nitrogens with zero attached hydrogens (tertiary/aromatic N) is 3. The molecule has 2 amide bonds. The molecule has 1 aromatic rings. The van der Waals surface area contributed by atoms with E-state index < -0.39 is 0 Å². The molecule has 0 bridgehead atoms. The van der Waals surface area contributed by atoms with Gasteiger partial charge in [0.05, 0.1) is 5.92 Å². The summed E-state index contributed by atoms with van der Waals surface area (Å²) in [5, 5.41) is 0. The standard InChI is InChI=1S/C22H31N3O2/c26-21-16-18(17-25(21)20-10-4-1-2-5-11-20)22(27)24-14-12-23(13-15-24)19-8-6-3-7-9-19/h3,6-9,18,20H,1-2,4-5,10-17H2. The van der Waals surface area contributed by atoms with Gasteiger partial charge in [-0.15, -0.1) is 0 Å². The van der Waals surface area contributed by atoms with Crippen molar-refractivity contribution in [3.8, 4) is 0 Å². The Hall–Kier alpha value is -2.04. The fourth-order valence-electron chi connectivity index (χ4n) is 4.90. The quantitative estimate of drug-likeness (QED) is 0.770. The Kier molecular flexibility index (Phi) is 5.65. The molecule has 2 heterocycles. The summed E-state index contributed by atoms with van der Waals surface area (Å²) in [6, 6.07) is 10.8. The van der Waals surface area contributed by atoms with E-state index in [0.717, 1.165) is 39.0 Å². The molecule has 0 N–H and O–H groups in total. The lowest BCUT2D eigenvalue weighted by molar-refractivity contribution is -0.136. The summed E-state index contributed by atoms with van der Waals surface area (Å²) in [6.45, 7) is 3.87. The number of para-hydroxylation sites is 1. The highest BCUT2D eigenvalue weighted by atomic mass is 16.2. The highest BCUT2D eigenvalue weighted by molar-refractivity contribution is 5.89. The van der Waals surface area contributed by atoms with E-state index in [2.05, 4.69) is 29.2 Å². The predicted octanol–water partition coefficient (Wildman–Crippen LogP) is 2.91. The Bertz CT molecular complexity index is 647. The van der Waals surface area contributed by atoms with E-state index in [1.807, 2.05) is 15.9 Å². The van der Waals surface area contributed by atoms with Crippen LogP contribution in [0.5, 0.6) is 0 Å². The SMILES string of the molecule is O=C(C1CC(=O)N(C2CCCCCC2)C1)N1CCN(c2ccccc2)CC1. The first kappa shape index (κ1) is 18.3. The molecule has 2 aliphatic heterocycles. The molecule has 1 aliphatic carbocycles. The molecule has 3 fully saturated rings. The van der Waals surface area contributed by atoms with Gasteiger partial charge in [0.15, 0.2) is 0 Å². The van der Waals surface area contributed by atoms with Gasteiger partial charge in [0.25, 0.3) is 0 Å². The zero-order valence-electron chi connectivity index (χ0n) is 16.2. The molecule has 5 nitrogen and oxygen atoms in total. The Labute approximate surface area is 162 Å². The average Bonchev–Trinajstić information content (AvgIpc) is 2.92. The lowest BCUT2D eigenvalue weighted by Gasteiger charge is -2.37. The van der Waals surface area contributed by atoms with Gasteiger partial charge in [-0.1, -0.05) is 43.9 Å². The number of benzene rings is 1. The number of anilines is 1. The molecule has 146 valence electrons. The fourth-order valence-corrected chi connectivity index (χ4v) is 4.90. The van der Waals surface area contributed by atoms with Crippen molar-refractivity contribution in [3.05, 3.63) is 30.3 Å².